The van der Waals surface area contributed by atoms with Crippen LogP contribution >= 0.6 is 0 Å². The van der Waals surface area contributed by atoms with Crippen molar-refractivity contribution in [3.8, 4) is 11.5 Å². The summed E-state index contributed by atoms with van der Waals surface area (Å²) >= 11 is 0. The van der Waals surface area contributed by atoms with Gasteiger partial charge in [-0.3, -0.25) is 0 Å². The minimum absolute atomic E-state index is 0.219. The summed E-state index contributed by atoms with van der Waals surface area (Å²) in [5, 5.41) is 10.7. The molecule has 0 aliphatic heterocycles. The van der Waals surface area contributed by atoms with E-state index in [0.29, 0.717) is 18.1 Å². The number of carboxylic acid groups (broad SMARTS) is 1. The van der Waals surface area contributed by atoms with Gasteiger partial charge < -0.3 is 14.6 Å². The van der Waals surface area contributed by atoms with E-state index in [1.54, 1.807) is 19.2 Å². The predicted octanol–water partition coefficient (Wildman–Crippen LogP) is 2.95. The lowest BCUT2D eigenvalue weighted by atomic mass is 10.1. The van der Waals surface area contributed by atoms with Gasteiger partial charge in [0.1, 0.15) is 11.5 Å². The first-order valence-corrected chi connectivity index (χ1v) is 5.63. The van der Waals surface area contributed by atoms with Crippen molar-refractivity contribution in [2.24, 2.45) is 0 Å². The van der Waals surface area contributed by atoms with Crippen LogP contribution in [-0.4, -0.2) is 24.8 Å². The summed E-state index contributed by atoms with van der Waals surface area (Å²) in [6.07, 6.45) is 0. The van der Waals surface area contributed by atoms with Gasteiger partial charge in [-0.1, -0.05) is 6.07 Å². The Hall–Kier alpha value is -2.23. The lowest BCUT2D eigenvalue weighted by Crippen LogP contribution is -1.99. The zero-order valence-corrected chi connectivity index (χ0v) is 10.3. The molecule has 94 valence electrons. The van der Waals surface area contributed by atoms with Crippen molar-refractivity contribution in [2.75, 3.05) is 13.7 Å². The van der Waals surface area contributed by atoms with E-state index in [-0.39, 0.29) is 5.56 Å². The van der Waals surface area contributed by atoms with Gasteiger partial charge in [0.25, 0.3) is 0 Å². The summed E-state index contributed by atoms with van der Waals surface area (Å²) in [5.41, 5.74) is 0.219. The lowest BCUT2D eigenvalue weighted by Gasteiger charge is -2.10. The predicted molar refractivity (Wildman–Crippen MR) is 68.6 cm³/mol. The Labute approximate surface area is 105 Å². The van der Waals surface area contributed by atoms with E-state index in [1.807, 2.05) is 19.1 Å². The molecule has 2 aromatic rings. The molecule has 0 aliphatic carbocycles. The molecule has 0 heterocycles. The third-order valence-electron chi connectivity index (χ3n) is 2.67. The van der Waals surface area contributed by atoms with Crippen molar-refractivity contribution in [1.29, 1.82) is 0 Å². The first-order chi connectivity index (χ1) is 8.65. The van der Waals surface area contributed by atoms with Crippen molar-refractivity contribution in [3.63, 3.8) is 0 Å². The monoisotopic (exact) mass is 246 g/mol. The largest absolute Gasteiger partial charge is 0.497 e. The Kier molecular flexibility index (Phi) is 3.37. The number of aromatic carboxylic acids is 1. The first-order valence-electron chi connectivity index (χ1n) is 5.63. The first kappa shape index (κ1) is 12.2. The molecule has 0 unspecified atom stereocenters. The highest BCUT2D eigenvalue weighted by molar-refractivity contribution is 5.98. The molecule has 0 spiro atoms. The van der Waals surface area contributed by atoms with E-state index in [4.69, 9.17) is 14.6 Å². The number of rotatable bonds is 4. The van der Waals surface area contributed by atoms with Crippen LogP contribution in [0.5, 0.6) is 11.5 Å². The molecule has 1 N–H and O–H groups in total. The summed E-state index contributed by atoms with van der Waals surface area (Å²) < 4.78 is 10.7. The maximum Gasteiger partial charge on any atom is 0.335 e. The van der Waals surface area contributed by atoms with Crippen LogP contribution in [-0.2, 0) is 0 Å². The average molecular weight is 246 g/mol. The van der Waals surface area contributed by atoms with Crippen molar-refractivity contribution < 1.29 is 19.4 Å². The number of hydrogen-bond acceptors (Lipinski definition) is 3. The molecule has 2 rings (SSSR count). The minimum Gasteiger partial charge on any atom is -0.497 e. The summed E-state index contributed by atoms with van der Waals surface area (Å²) in [7, 11) is 1.59. The molecule has 0 aliphatic rings. The Morgan fingerprint density at radius 2 is 2.06 bits per heavy atom. The molecule has 4 heteroatoms. The van der Waals surface area contributed by atoms with Crippen LogP contribution in [0.3, 0.4) is 0 Å². The standard InChI is InChI=1S/C14H14O4/c1-3-18-13-7-10(14(15)16)6-9-4-5-11(17-2)8-12(9)13/h4-8H,3H2,1-2H3,(H,15,16). The number of methoxy groups -OCH3 is 1. The highest BCUT2D eigenvalue weighted by atomic mass is 16.5. The van der Waals surface area contributed by atoms with E-state index in [9.17, 15) is 4.79 Å². The molecule has 2 aromatic carbocycles. The van der Waals surface area contributed by atoms with E-state index in [0.717, 1.165) is 10.8 Å². The van der Waals surface area contributed by atoms with Crippen molar-refractivity contribution in [1.82, 2.24) is 0 Å². The van der Waals surface area contributed by atoms with Crippen LogP contribution in [0.15, 0.2) is 30.3 Å². The molecule has 0 fully saturated rings. The lowest BCUT2D eigenvalue weighted by molar-refractivity contribution is 0.0696. The van der Waals surface area contributed by atoms with E-state index in [2.05, 4.69) is 0 Å². The normalized spacial score (nSPS) is 10.3. The molecule has 0 saturated carbocycles. The van der Waals surface area contributed by atoms with Gasteiger partial charge in [0, 0.05) is 5.39 Å². The molecule has 0 atom stereocenters. The highest BCUT2D eigenvalue weighted by Crippen LogP contribution is 2.31. The SMILES string of the molecule is CCOc1cc(C(=O)O)cc2ccc(OC)cc12. The molecule has 0 bridgehead atoms. The number of fused-ring (bicyclic) bond motifs is 1. The van der Waals surface area contributed by atoms with Crippen molar-refractivity contribution in [2.45, 2.75) is 6.92 Å². The molecule has 0 radical (unpaired) electrons. The molecule has 0 aromatic heterocycles. The molecule has 18 heavy (non-hydrogen) atoms. The zero-order chi connectivity index (χ0) is 13.1. The summed E-state index contributed by atoms with van der Waals surface area (Å²) in [6, 6.07) is 8.62. The number of ether oxygens (including phenoxy) is 2. The van der Waals surface area contributed by atoms with Crippen LogP contribution in [0.1, 0.15) is 17.3 Å². The number of carbonyl (C=O) groups is 1. The fourth-order valence-electron chi connectivity index (χ4n) is 1.83. The van der Waals surface area contributed by atoms with Crippen LogP contribution in [0.2, 0.25) is 0 Å². The van der Waals surface area contributed by atoms with Crippen molar-refractivity contribution >= 4 is 16.7 Å². The second-order valence-electron chi connectivity index (χ2n) is 3.80. The quantitative estimate of drug-likeness (QED) is 0.901. The Morgan fingerprint density at radius 3 is 2.67 bits per heavy atom. The van der Waals surface area contributed by atoms with Gasteiger partial charge in [-0.25, -0.2) is 4.79 Å². The van der Waals surface area contributed by atoms with E-state index >= 15 is 0 Å². The smallest absolute Gasteiger partial charge is 0.335 e. The molecule has 4 nitrogen and oxygen atoms in total. The number of carboxylic acids is 1. The topological polar surface area (TPSA) is 55.8 Å². The Morgan fingerprint density at radius 1 is 1.28 bits per heavy atom. The second-order valence-corrected chi connectivity index (χ2v) is 3.80. The van der Waals surface area contributed by atoms with Crippen LogP contribution in [0.4, 0.5) is 0 Å². The number of benzene rings is 2. The summed E-state index contributed by atoms with van der Waals surface area (Å²) in [4.78, 5) is 11.0. The van der Waals surface area contributed by atoms with E-state index < -0.39 is 5.97 Å². The fourth-order valence-corrected chi connectivity index (χ4v) is 1.83. The number of hydrogen-bond donors (Lipinski definition) is 1. The van der Waals surface area contributed by atoms with Gasteiger partial charge in [0.05, 0.1) is 19.3 Å². The van der Waals surface area contributed by atoms with Crippen LogP contribution in [0.25, 0.3) is 10.8 Å². The second kappa shape index (κ2) is 4.96. The third-order valence-corrected chi connectivity index (χ3v) is 2.67. The Bertz CT molecular complexity index is 590. The summed E-state index contributed by atoms with van der Waals surface area (Å²) in [5.74, 6) is 0.312. The van der Waals surface area contributed by atoms with Crippen molar-refractivity contribution in [3.05, 3.63) is 35.9 Å². The van der Waals surface area contributed by atoms with Gasteiger partial charge >= 0.3 is 5.97 Å². The molecular weight excluding hydrogens is 232 g/mol. The maximum atomic E-state index is 11.0. The van der Waals surface area contributed by atoms with E-state index in [1.165, 1.54) is 6.07 Å². The highest BCUT2D eigenvalue weighted by Gasteiger charge is 2.10. The van der Waals surface area contributed by atoms with Crippen LogP contribution in [0, 0.1) is 0 Å². The maximum absolute atomic E-state index is 11.0. The third kappa shape index (κ3) is 2.22. The summed E-state index contributed by atoms with van der Waals surface area (Å²) in [6.45, 7) is 2.34. The average Bonchev–Trinajstić information content (AvgIpc) is 2.38. The zero-order valence-electron chi connectivity index (χ0n) is 10.3. The van der Waals surface area contributed by atoms with Gasteiger partial charge in [-0.05, 0) is 36.6 Å². The molecule has 0 saturated heterocycles. The van der Waals surface area contributed by atoms with Gasteiger partial charge in [-0.15, -0.1) is 0 Å². The minimum atomic E-state index is -0.964. The van der Waals surface area contributed by atoms with Gasteiger partial charge in [0.2, 0.25) is 0 Å². The fraction of sp³-hybridized carbons (Fsp3) is 0.214. The molecular formula is C14H14O4. The molecule has 0 amide bonds. The Balaban J connectivity index is 2.68. The van der Waals surface area contributed by atoms with Gasteiger partial charge in [0.15, 0.2) is 0 Å². The van der Waals surface area contributed by atoms with Crippen LogP contribution < -0.4 is 9.47 Å². The van der Waals surface area contributed by atoms with Gasteiger partial charge in [-0.2, -0.15) is 0 Å².